The molecular formula is C17H28N2O2S. The van der Waals surface area contributed by atoms with Crippen molar-refractivity contribution in [3.63, 3.8) is 0 Å². The van der Waals surface area contributed by atoms with Gasteiger partial charge in [0.1, 0.15) is 4.88 Å². The van der Waals surface area contributed by atoms with E-state index in [1.54, 1.807) is 0 Å². The number of carboxylic acid groups (broad SMARTS) is 1. The van der Waals surface area contributed by atoms with Gasteiger partial charge >= 0.3 is 5.97 Å². The van der Waals surface area contributed by atoms with Gasteiger partial charge in [0.2, 0.25) is 0 Å². The van der Waals surface area contributed by atoms with Gasteiger partial charge in [0, 0.05) is 18.9 Å². The summed E-state index contributed by atoms with van der Waals surface area (Å²) < 4.78 is 0. The number of aromatic carboxylic acids is 1. The molecule has 1 N–H and O–H groups in total. The number of hydrogen-bond donors (Lipinski definition) is 1. The third kappa shape index (κ3) is 4.53. The van der Waals surface area contributed by atoms with Crippen molar-refractivity contribution in [1.29, 1.82) is 0 Å². The lowest BCUT2D eigenvalue weighted by atomic mass is 9.98. The molecule has 22 heavy (non-hydrogen) atoms. The summed E-state index contributed by atoms with van der Waals surface area (Å²) in [5.41, 5.74) is 0.813. The molecule has 0 saturated carbocycles. The van der Waals surface area contributed by atoms with Crippen LogP contribution in [0, 0.1) is 0 Å². The highest BCUT2D eigenvalue weighted by Gasteiger charge is 2.22. The molecule has 2 heterocycles. The predicted octanol–water partition coefficient (Wildman–Crippen LogP) is 4.16. The van der Waals surface area contributed by atoms with Crippen LogP contribution in [0.4, 0.5) is 0 Å². The highest BCUT2D eigenvalue weighted by molar-refractivity contribution is 7.13. The summed E-state index contributed by atoms with van der Waals surface area (Å²) >= 11 is 1.38. The van der Waals surface area contributed by atoms with Gasteiger partial charge < -0.3 is 10.0 Å². The summed E-state index contributed by atoms with van der Waals surface area (Å²) in [5.74, 6) is -0.547. The predicted molar refractivity (Wildman–Crippen MR) is 91.0 cm³/mol. The Bertz CT molecular complexity index is 475. The van der Waals surface area contributed by atoms with E-state index >= 15 is 0 Å². The fourth-order valence-electron chi connectivity index (χ4n) is 3.20. The maximum atomic E-state index is 11.5. The monoisotopic (exact) mass is 324 g/mol. The SMILES string of the molecule is CCC(CC)c1nc(CCN2CCCCCC2)sc1C(=O)O. The maximum absolute atomic E-state index is 11.5. The first-order valence-electron chi connectivity index (χ1n) is 8.60. The molecule has 1 fully saturated rings. The number of carboxylic acids is 1. The van der Waals surface area contributed by atoms with Gasteiger partial charge in [0.25, 0.3) is 0 Å². The van der Waals surface area contributed by atoms with E-state index < -0.39 is 5.97 Å². The van der Waals surface area contributed by atoms with Crippen LogP contribution in [0.1, 0.15) is 78.7 Å². The first kappa shape index (κ1) is 17.4. The van der Waals surface area contributed by atoms with Crippen molar-refractivity contribution in [1.82, 2.24) is 9.88 Å². The number of likely N-dealkylation sites (tertiary alicyclic amines) is 1. The minimum Gasteiger partial charge on any atom is -0.477 e. The van der Waals surface area contributed by atoms with Crippen molar-refractivity contribution in [3.05, 3.63) is 15.6 Å². The van der Waals surface area contributed by atoms with Gasteiger partial charge in [-0.1, -0.05) is 26.7 Å². The molecule has 2 rings (SSSR count). The molecule has 0 spiro atoms. The second-order valence-electron chi connectivity index (χ2n) is 6.15. The molecule has 1 aliphatic heterocycles. The number of thiazole rings is 1. The fraction of sp³-hybridized carbons (Fsp3) is 0.765. The van der Waals surface area contributed by atoms with Crippen LogP contribution in [-0.4, -0.2) is 40.6 Å². The molecule has 0 bridgehead atoms. The van der Waals surface area contributed by atoms with E-state index in [1.807, 2.05) is 0 Å². The molecule has 1 aromatic rings. The lowest BCUT2D eigenvalue weighted by Gasteiger charge is -2.18. The minimum atomic E-state index is -0.819. The van der Waals surface area contributed by atoms with E-state index in [0.29, 0.717) is 4.88 Å². The minimum absolute atomic E-state index is 0.272. The zero-order valence-electron chi connectivity index (χ0n) is 13.8. The highest BCUT2D eigenvalue weighted by Crippen LogP contribution is 2.30. The maximum Gasteiger partial charge on any atom is 0.347 e. The first-order valence-corrected chi connectivity index (χ1v) is 9.42. The molecule has 0 aliphatic carbocycles. The quantitative estimate of drug-likeness (QED) is 0.818. The lowest BCUT2D eigenvalue weighted by molar-refractivity contribution is 0.0700. The van der Waals surface area contributed by atoms with Gasteiger partial charge in [0.05, 0.1) is 10.7 Å². The Morgan fingerprint density at radius 3 is 2.41 bits per heavy atom. The molecule has 0 aromatic carbocycles. The Hall–Kier alpha value is -0.940. The Morgan fingerprint density at radius 1 is 1.23 bits per heavy atom. The fourth-order valence-corrected chi connectivity index (χ4v) is 4.18. The number of aromatic nitrogens is 1. The summed E-state index contributed by atoms with van der Waals surface area (Å²) in [6.07, 6.45) is 8.04. The van der Waals surface area contributed by atoms with Crippen molar-refractivity contribution in [2.75, 3.05) is 19.6 Å². The van der Waals surface area contributed by atoms with E-state index in [1.165, 1.54) is 50.1 Å². The Kier molecular flexibility index (Phi) is 6.83. The average molecular weight is 324 g/mol. The van der Waals surface area contributed by atoms with Crippen LogP contribution in [0.25, 0.3) is 0 Å². The number of carbonyl (C=O) groups is 1. The summed E-state index contributed by atoms with van der Waals surface area (Å²) in [6, 6.07) is 0. The van der Waals surface area contributed by atoms with Gasteiger partial charge in [0.15, 0.2) is 0 Å². The molecule has 0 unspecified atom stereocenters. The molecule has 1 aromatic heterocycles. The van der Waals surface area contributed by atoms with E-state index in [2.05, 4.69) is 18.7 Å². The van der Waals surface area contributed by atoms with Gasteiger partial charge in [-0.25, -0.2) is 9.78 Å². The Morgan fingerprint density at radius 2 is 1.86 bits per heavy atom. The normalized spacial score (nSPS) is 16.9. The van der Waals surface area contributed by atoms with Crippen LogP contribution in [-0.2, 0) is 6.42 Å². The van der Waals surface area contributed by atoms with Gasteiger partial charge in [-0.3, -0.25) is 0 Å². The van der Waals surface area contributed by atoms with Crippen LogP contribution in [0.2, 0.25) is 0 Å². The molecule has 0 atom stereocenters. The van der Waals surface area contributed by atoms with Crippen LogP contribution in [0.15, 0.2) is 0 Å². The lowest BCUT2D eigenvalue weighted by Crippen LogP contribution is -2.26. The standard InChI is InChI=1S/C17H28N2O2S/c1-3-13(4-2)15-16(17(20)21)22-14(18-15)9-12-19-10-7-5-6-8-11-19/h13H,3-12H2,1-2H3,(H,20,21). The van der Waals surface area contributed by atoms with Crippen molar-refractivity contribution in [3.8, 4) is 0 Å². The largest absolute Gasteiger partial charge is 0.477 e. The van der Waals surface area contributed by atoms with Gasteiger partial charge in [-0.15, -0.1) is 11.3 Å². The summed E-state index contributed by atoms with van der Waals surface area (Å²) in [5, 5.41) is 10.4. The van der Waals surface area contributed by atoms with Crippen molar-refractivity contribution in [2.24, 2.45) is 0 Å². The molecular weight excluding hydrogens is 296 g/mol. The molecule has 0 amide bonds. The summed E-state index contributed by atoms with van der Waals surface area (Å²) in [7, 11) is 0. The number of nitrogens with zero attached hydrogens (tertiary/aromatic N) is 2. The second kappa shape index (κ2) is 8.63. The first-order chi connectivity index (χ1) is 10.7. The molecule has 0 radical (unpaired) electrons. The van der Waals surface area contributed by atoms with Gasteiger partial charge in [-0.2, -0.15) is 0 Å². The highest BCUT2D eigenvalue weighted by atomic mass is 32.1. The second-order valence-corrected chi connectivity index (χ2v) is 7.23. The average Bonchev–Trinajstić information content (AvgIpc) is 2.76. The molecule has 4 nitrogen and oxygen atoms in total. The third-order valence-electron chi connectivity index (χ3n) is 4.60. The third-order valence-corrected chi connectivity index (χ3v) is 5.72. The Labute approximate surface area is 137 Å². The van der Waals surface area contributed by atoms with E-state index in [4.69, 9.17) is 4.98 Å². The van der Waals surface area contributed by atoms with E-state index in [0.717, 1.165) is 36.5 Å². The molecule has 124 valence electrons. The summed E-state index contributed by atoms with van der Waals surface area (Å²) in [6.45, 7) is 7.58. The van der Waals surface area contributed by atoms with Gasteiger partial charge in [-0.05, 0) is 38.8 Å². The molecule has 1 aliphatic rings. The van der Waals surface area contributed by atoms with Crippen molar-refractivity contribution >= 4 is 17.3 Å². The Balaban J connectivity index is 2.04. The van der Waals surface area contributed by atoms with Crippen molar-refractivity contribution < 1.29 is 9.90 Å². The van der Waals surface area contributed by atoms with Crippen LogP contribution >= 0.6 is 11.3 Å². The smallest absolute Gasteiger partial charge is 0.347 e. The van der Waals surface area contributed by atoms with Crippen LogP contribution in [0.5, 0.6) is 0 Å². The van der Waals surface area contributed by atoms with Crippen LogP contribution < -0.4 is 0 Å². The van der Waals surface area contributed by atoms with E-state index in [9.17, 15) is 9.90 Å². The van der Waals surface area contributed by atoms with Crippen molar-refractivity contribution in [2.45, 2.75) is 64.7 Å². The number of rotatable bonds is 7. The summed E-state index contributed by atoms with van der Waals surface area (Å²) in [4.78, 5) is 19.1. The van der Waals surface area contributed by atoms with Crippen LogP contribution in [0.3, 0.4) is 0 Å². The zero-order chi connectivity index (χ0) is 15.9. The molecule has 1 saturated heterocycles. The molecule has 5 heteroatoms. The zero-order valence-corrected chi connectivity index (χ0v) is 14.6. The van der Waals surface area contributed by atoms with E-state index in [-0.39, 0.29) is 5.92 Å². The topological polar surface area (TPSA) is 53.4 Å². The number of hydrogen-bond acceptors (Lipinski definition) is 4.